The molecule has 0 bridgehead atoms. The summed E-state index contributed by atoms with van der Waals surface area (Å²) in [4.78, 5) is 0. The largest absolute Gasteiger partial charge is 0.380 e. The van der Waals surface area contributed by atoms with E-state index in [0.717, 1.165) is 0 Å². The standard InChI is InChI=1S/C5H13NO2S/c1-3-7-4-5(2)6-8-9/h5-6,9H,3-4H2,1-2H3/i/hT. The van der Waals surface area contributed by atoms with Gasteiger partial charge in [-0.3, -0.25) is 0 Å². The molecule has 0 aliphatic heterocycles. The van der Waals surface area contributed by atoms with Crippen molar-refractivity contribution in [3.8, 4) is 0 Å². The lowest BCUT2D eigenvalue weighted by Crippen LogP contribution is -2.28. The Morgan fingerprint density at radius 2 is 2.67 bits per heavy atom. The minimum absolute atomic E-state index is 0.137. The topological polar surface area (TPSA) is 30.5 Å². The van der Waals surface area contributed by atoms with Crippen molar-refractivity contribution in [1.82, 2.24) is 5.48 Å². The molecule has 0 aromatic heterocycles. The fraction of sp³-hybridized carbons (Fsp3) is 1.00. The van der Waals surface area contributed by atoms with Crippen LogP contribution in [0.2, 0.25) is 0 Å². The van der Waals surface area contributed by atoms with Crippen molar-refractivity contribution in [3.05, 3.63) is 0 Å². The number of rotatable bonds is 6. The normalized spacial score (nSPS) is 15.1. The van der Waals surface area contributed by atoms with Crippen LogP contribution in [0.25, 0.3) is 0 Å². The van der Waals surface area contributed by atoms with Crippen LogP contribution >= 0.6 is 12.8 Å². The van der Waals surface area contributed by atoms with Crippen molar-refractivity contribution in [2.75, 3.05) is 13.2 Å². The molecule has 0 saturated carbocycles. The summed E-state index contributed by atoms with van der Waals surface area (Å²) in [5.41, 5.74) is 2.62. The average molecular weight is 153 g/mol. The van der Waals surface area contributed by atoms with E-state index in [4.69, 9.17) is 5.86 Å². The SMILES string of the molecule is [3H]SONC(C)COCC. The molecule has 1 atom stereocenters. The molecule has 1 unspecified atom stereocenters. The fourth-order valence-electron chi connectivity index (χ4n) is 0.411. The van der Waals surface area contributed by atoms with Gasteiger partial charge in [-0.25, -0.2) is 4.28 Å². The van der Waals surface area contributed by atoms with E-state index in [2.05, 4.69) is 9.76 Å². The molecule has 0 fully saturated rings. The Hall–Kier alpha value is 0.230. The second-order valence-corrected chi connectivity index (χ2v) is 1.93. The quantitative estimate of drug-likeness (QED) is 0.336. The Balaban J connectivity index is 3.00. The van der Waals surface area contributed by atoms with Gasteiger partial charge in [0.1, 0.15) is 1.12 Å². The third kappa shape index (κ3) is 6.11. The van der Waals surface area contributed by atoms with Crippen LogP contribution in [0, 0.1) is 0 Å². The average Bonchev–Trinajstić information content (AvgIpc) is 1.97. The number of hydrogen-bond donors (Lipinski definition) is 2. The van der Waals surface area contributed by atoms with Gasteiger partial charge in [-0.1, -0.05) is 0 Å². The van der Waals surface area contributed by atoms with Crippen molar-refractivity contribution in [3.63, 3.8) is 0 Å². The molecule has 0 radical (unpaired) electrons. The van der Waals surface area contributed by atoms with Crippen LogP contribution in [0.5, 0.6) is 0 Å². The Morgan fingerprint density at radius 1 is 1.89 bits per heavy atom. The lowest BCUT2D eigenvalue weighted by Gasteiger charge is -2.09. The molecule has 0 saturated heterocycles. The molecule has 1 N–H and O–H groups in total. The number of hydroxylamine groups is 1. The van der Waals surface area contributed by atoms with E-state index in [0.29, 0.717) is 26.0 Å². The highest BCUT2D eigenvalue weighted by Crippen LogP contribution is 1.84. The molecular weight excluding hydrogens is 138 g/mol. The predicted molar refractivity (Wildman–Crippen MR) is 39.2 cm³/mol. The molecule has 3 nitrogen and oxygen atoms in total. The number of ether oxygens (including phenoxy) is 1. The first-order valence-electron chi connectivity index (χ1n) is 3.34. The van der Waals surface area contributed by atoms with Crippen molar-refractivity contribution in [2.45, 2.75) is 19.9 Å². The third-order valence-corrected chi connectivity index (χ3v) is 0.917. The van der Waals surface area contributed by atoms with E-state index >= 15 is 0 Å². The maximum atomic E-state index is 6.56. The Labute approximate surface area is 62.4 Å². The lowest BCUT2D eigenvalue weighted by molar-refractivity contribution is 0.0871. The molecule has 0 aromatic carbocycles. The summed E-state index contributed by atoms with van der Waals surface area (Å²) in [6.07, 6.45) is 0. The first kappa shape index (κ1) is 7.34. The summed E-state index contributed by atoms with van der Waals surface area (Å²) in [7, 11) is 0. The van der Waals surface area contributed by atoms with Gasteiger partial charge in [0, 0.05) is 6.61 Å². The van der Waals surface area contributed by atoms with Crippen molar-refractivity contribution in [2.24, 2.45) is 0 Å². The van der Waals surface area contributed by atoms with Crippen molar-refractivity contribution < 1.29 is 9.02 Å². The minimum Gasteiger partial charge on any atom is -0.380 e. The molecule has 0 amide bonds. The van der Waals surface area contributed by atoms with E-state index in [-0.39, 0.29) is 6.04 Å². The van der Waals surface area contributed by atoms with E-state index in [1.54, 1.807) is 0 Å². The number of hydrogen-bond acceptors (Lipinski definition) is 4. The van der Waals surface area contributed by atoms with E-state index in [9.17, 15) is 0 Å². The highest BCUT2D eigenvalue weighted by Gasteiger charge is 1.97. The van der Waals surface area contributed by atoms with Crippen molar-refractivity contribution >= 4 is 12.8 Å². The highest BCUT2D eigenvalue weighted by atomic mass is 32.1. The fourth-order valence-corrected chi connectivity index (χ4v) is 0.575. The zero-order valence-electron chi connectivity index (χ0n) is 6.72. The van der Waals surface area contributed by atoms with E-state index < -0.39 is 0 Å². The van der Waals surface area contributed by atoms with Gasteiger partial charge in [-0.05, 0) is 26.7 Å². The van der Waals surface area contributed by atoms with Gasteiger partial charge in [0.05, 0.1) is 12.6 Å². The summed E-state index contributed by atoms with van der Waals surface area (Å²) in [5.74, 6) is 0. The summed E-state index contributed by atoms with van der Waals surface area (Å²) in [6, 6.07) is 0.137. The van der Waals surface area contributed by atoms with E-state index in [1.165, 1.54) is 0 Å². The molecule has 4 heteroatoms. The zero-order valence-corrected chi connectivity index (χ0v) is 6.53. The van der Waals surface area contributed by atoms with Crippen LogP contribution < -0.4 is 5.48 Å². The predicted octanol–water partition coefficient (Wildman–Crippen LogP) is 0.777. The molecule has 0 rings (SSSR count). The highest BCUT2D eigenvalue weighted by molar-refractivity contribution is 7.75. The van der Waals surface area contributed by atoms with Crippen LogP contribution in [0.3, 0.4) is 0 Å². The molecule has 9 heavy (non-hydrogen) atoms. The van der Waals surface area contributed by atoms with Gasteiger partial charge < -0.3 is 4.74 Å². The first-order valence-corrected chi connectivity index (χ1v) is 3.26. The molecule has 56 valence electrons. The molecule has 0 aromatic rings. The van der Waals surface area contributed by atoms with Crippen LogP contribution in [0.4, 0.5) is 0 Å². The number of thiol groups is 1. The molecule has 0 aliphatic carbocycles. The third-order valence-electron chi connectivity index (χ3n) is 0.821. The molecule has 0 aliphatic rings. The van der Waals surface area contributed by atoms with Gasteiger partial charge >= 0.3 is 0 Å². The van der Waals surface area contributed by atoms with Gasteiger partial charge in [0.15, 0.2) is 0 Å². The summed E-state index contributed by atoms with van der Waals surface area (Å²) >= 11 is 0.547. The van der Waals surface area contributed by atoms with Gasteiger partial charge in [-0.2, -0.15) is 5.48 Å². The second-order valence-electron chi connectivity index (χ2n) is 1.76. The monoisotopic (exact) mass is 153 g/mol. The first-order chi connectivity index (χ1) is 4.81. The number of nitrogens with one attached hydrogen (secondary N) is 1. The van der Waals surface area contributed by atoms with E-state index in [1.807, 2.05) is 13.8 Å². The smallest absolute Gasteiger partial charge is 0.137 e. The summed E-state index contributed by atoms with van der Waals surface area (Å²) in [6.45, 7) is 5.18. The molecular formula is C5H13NO2S. The van der Waals surface area contributed by atoms with Crippen LogP contribution in [0.15, 0.2) is 0 Å². The summed E-state index contributed by atoms with van der Waals surface area (Å²) < 4.78 is 16.2. The van der Waals surface area contributed by atoms with Crippen LogP contribution in [-0.2, 0) is 9.02 Å². The minimum atomic E-state index is 0.137. The second kappa shape index (κ2) is 6.35. The Kier molecular flexibility index (Phi) is 5.18. The van der Waals surface area contributed by atoms with Crippen molar-refractivity contribution in [1.29, 1.82) is 1.12 Å². The van der Waals surface area contributed by atoms with Gasteiger partial charge in [0.25, 0.3) is 0 Å². The summed E-state index contributed by atoms with van der Waals surface area (Å²) in [5, 5.41) is 0. The molecule has 0 spiro atoms. The van der Waals surface area contributed by atoms with Gasteiger partial charge in [-0.15, -0.1) is 0 Å². The van der Waals surface area contributed by atoms with Crippen LogP contribution in [0.1, 0.15) is 13.8 Å². The zero-order chi connectivity index (χ0) is 7.82. The maximum Gasteiger partial charge on any atom is 0.137 e. The lowest BCUT2D eigenvalue weighted by atomic mass is 10.4. The Bertz CT molecular complexity index is 68.7. The Morgan fingerprint density at radius 3 is 3.22 bits per heavy atom. The molecule has 0 heterocycles. The van der Waals surface area contributed by atoms with Gasteiger partial charge in [0.2, 0.25) is 0 Å². The maximum absolute atomic E-state index is 6.56. The van der Waals surface area contributed by atoms with Crippen LogP contribution in [-0.4, -0.2) is 20.4 Å².